The fourth-order valence-corrected chi connectivity index (χ4v) is 2.39. The summed E-state index contributed by atoms with van der Waals surface area (Å²) < 4.78 is 12.2. The highest BCUT2D eigenvalue weighted by atomic mass is 31.1. The summed E-state index contributed by atoms with van der Waals surface area (Å²) in [5.74, 6) is 0. The third kappa shape index (κ3) is 3.45. The van der Waals surface area contributed by atoms with E-state index >= 15 is 0 Å². The average Bonchev–Trinajstić information content (AvgIpc) is 2.35. The zero-order valence-electron chi connectivity index (χ0n) is 9.04. The van der Waals surface area contributed by atoms with Crippen molar-refractivity contribution in [1.29, 1.82) is 0 Å². The molecule has 0 aliphatic carbocycles. The van der Waals surface area contributed by atoms with Crippen molar-refractivity contribution in [2.24, 2.45) is 0 Å². The summed E-state index contributed by atoms with van der Waals surface area (Å²) in [5.41, 5.74) is 0. The van der Waals surface area contributed by atoms with E-state index in [9.17, 15) is 4.57 Å². The Balaban J connectivity index is 3.01. The van der Waals surface area contributed by atoms with Crippen LogP contribution in [0, 0.1) is 0 Å². The fourth-order valence-electron chi connectivity index (χ4n) is 1.19. The fraction of sp³-hybridized carbons (Fsp3) is 0. The molecule has 0 amide bonds. The van der Waals surface area contributed by atoms with E-state index in [2.05, 4.69) is 13.2 Å². The van der Waals surface area contributed by atoms with Crippen molar-refractivity contribution >= 4 is 13.1 Å². The number of hydrogen-bond acceptors (Lipinski definition) is 1. The maximum absolute atomic E-state index is 12.2. The molecule has 0 fully saturated rings. The first-order valence-corrected chi connectivity index (χ1v) is 6.19. The minimum absolute atomic E-state index is 0.746. The lowest BCUT2D eigenvalue weighted by Crippen LogP contribution is -1.94. The molecule has 0 aliphatic heterocycles. The van der Waals surface area contributed by atoms with E-state index in [0.717, 1.165) is 10.6 Å². The third-order valence-electron chi connectivity index (χ3n) is 1.92. The van der Waals surface area contributed by atoms with Crippen molar-refractivity contribution in [2.45, 2.75) is 0 Å². The molecule has 1 atom stereocenters. The van der Waals surface area contributed by atoms with Gasteiger partial charge in [0.2, 0.25) is 0 Å². The van der Waals surface area contributed by atoms with Crippen molar-refractivity contribution in [2.75, 3.05) is 0 Å². The number of benzene rings is 1. The topological polar surface area (TPSA) is 17.1 Å². The van der Waals surface area contributed by atoms with Gasteiger partial charge in [0, 0.05) is 0 Å². The van der Waals surface area contributed by atoms with Gasteiger partial charge in [0.1, 0.15) is 0 Å². The smallest absolute Gasteiger partial charge is 0.0991 e. The van der Waals surface area contributed by atoms with Crippen LogP contribution in [-0.2, 0) is 4.57 Å². The zero-order chi connectivity index (χ0) is 11.8. The Kier molecular flexibility index (Phi) is 5.18. The molecule has 0 radical (unpaired) electrons. The molecule has 0 heterocycles. The van der Waals surface area contributed by atoms with Gasteiger partial charge in [-0.2, -0.15) is 0 Å². The average molecular weight is 229 g/mol. The first kappa shape index (κ1) is 12.4. The van der Waals surface area contributed by atoms with Gasteiger partial charge >= 0.3 is 7.80 Å². The van der Waals surface area contributed by atoms with Crippen molar-refractivity contribution in [3.05, 3.63) is 79.2 Å². The van der Waals surface area contributed by atoms with Gasteiger partial charge in [-0.3, -0.25) is 0 Å². The van der Waals surface area contributed by atoms with Crippen molar-refractivity contribution in [1.82, 2.24) is 0 Å². The van der Waals surface area contributed by atoms with Gasteiger partial charge in [-0.15, -0.1) is 0 Å². The van der Waals surface area contributed by atoms with Gasteiger partial charge < -0.3 is 0 Å². The Bertz CT molecular complexity index is 441. The number of allylic oxidation sites excluding steroid dienone is 6. The van der Waals surface area contributed by atoms with Crippen LogP contribution in [0.15, 0.2) is 79.2 Å². The maximum Gasteiger partial charge on any atom is 0.415 e. The van der Waals surface area contributed by atoms with E-state index < -0.39 is 7.80 Å². The van der Waals surface area contributed by atoms with Gasteiger partial charge in [0.25, 0.3) is 0 Å². The van der Waals surface area contributed by atoms with E-state index in [4.69, 9.17) is 0 Å². The molecule has 0 aromatic heterocycles. The normalized spacial score (nSPS) is 12.5. The quantitative estimate of drug-likeness (QED) is 0.552. The second-order valence-electron chi connectivity index (χ2n) is 3.05. The van der Waals surface area contributed by atoms with Gasteiger partial charge in [-0.1, -0.05) is 54.2 Å². The molecule has 0 spiro atoms. The molecule has 1 aromatic rings. The van der Waals surface area contributed by atoms with Crippen LogP contribution in [-0.4, -0.2) is 0 Å². The molecular formula is C14H14OP+. The first-order chi connectivity index (χ1) is 7.79. The SMILES string of the molecule is C=C/C=C\C(=C/C=C)[P+](=O)c1ccccc1. The highest BCUT2D eigenvalue weighted by Crippen LogP contribution is 2.32. The van der Waals surface area contributed by atoms with Crippen molar-refractivity contribution in [3.8, 4) is 0 Å². The molecule has 0 saturated carbocycles. The maximum atomic E-state index is 12.2. The van der Waals surface area contributed by atoms with Crippen LogP contribution in [0.2, 0.25) is 0 Å². The van der Waals surface area contributed by atoms with E-state index in [1.165, 1.54) is 0 Å². The lowest BCUT2D eigenvalue weighted by Gasteiger charge is -1.88. The molecular weight excluding hydrogens is 215 g/mol. The van der Waals surface area contributed by atoms with Crippen molar-refractivity contribution < 1.29 is 4.57 Å². The summed E-state index contributed by atoms with van der Waals surface area (Å²) in [5, 5.41) is 1.57. The Morgan fingerprint density at radius 1 is 1.12 bits per heavy atom. The molecule has 0 N–H and O–H groups in total. The lowest BCUT2D eigenvalue weighted by atomic mass is 10.4. The van der Waals surface area contributed by atoms with Crippen LogP contribution in [0.4, 0.5) is 0 Å². The second kappa shape index (κ2) is 6.71. The van der Waals surface area contributed by atoms with Crippen LogP contribution < -0.4 is 5.30 Å². The monoisotopic (exact) mass is 229 g/mol. The van der Waals surface area contributed by atoms with Crippen LogP contribution in [0.1, 0.15) is 0 Å². The molecule has 0 saturated heterocycles. The van der Waals surface area contributed by atoms with E-state index in [0.29, 0.717) is 0 Å². The summed E-state index contributed by atoms with van der Waals surface area (Å²) in [7, 11) is -1.55. The molecule has 1 nitrogen and oxygen atoms in total. The largest absolute Gasteiger partial charge is 0.415 e. The first-order valence-electron chi connectivity index (χ1n) is 4.93. The molecule has 1 rings (SSSR count). The third-order valence-corrected chi connectivity index (χ3v) is 3.45. The van der Waals surface area contributed by atoms with Gasteiger partial charge in [-0.25, -0.2) is 0 Å². The zero-order valence-corrected chi connectivity index (χ0v) is 9.94. The minimum Gasteiger partial charge on any atom is -0.0991 e. The highest BCUT2D eigenvalue weighted by molar-refractivity contribution is 7.58. The Labute approximate surface area is 97.3 Å². The number of hydrogen-bond donors (Lipinski definition) is 0. The standard InChI is InChI=1S/C14H14OP/c1-3-5-10-13(9-4-2)16(15)14-11-7-6-8-12-14/h3-12H,1-2H2/q+1/b10-5-,13-9+. The summed E-state index contributed by atoms with van der Waals surface area (Å²) in [6, 6.07) is 9.38. The van der Waals surface area contributed by atoms with Crippen LogP contribution >= 0.6 is 7.80 Å². The lowest BCUT2D eigenvalue weighted by molar-refractivity contribution is 0.597. The number of rotatable bonds is 5. The molecule has 1 aromatic carbocycles. The Morgan fingerprint density at radius 2 is 1.81 bits per heavy atom. The molecule has 0 aliphatic rings. The van der Waals surface area contributed by atoms with E-state index in [1.807, 2.05) is 30.3 Å². The van der Waals surface area contributed by atoms with E-state index in [1.54, 1.807) is 30.4 Å². The summed E-state index contributed by atoms with van der Waals surface area (Å²) in [4.78, 5) is 0. The minimum atomic E-state index is -1.55. The summed E-state index contributed by atoms with van der Waals surface area (Å²) in [6.45, 7) is 7.21. The van der Waals surface area contributed by atoms with Crippen LogP contribution in [0.25, 0.3) is 0 Å². The Hall–Kier alpha value is -1.72. The van der Waals surface area contributed by atoms with Gasteiger partial charge in [0.15, 0.2) is 10.6 Å². The molecule has 2 heteroatoms. The van der Waals surface area contributed by atoms with Gasteiger partial charge in [0.05, 0.1) is 0 Å². The van der Waals surface area contributed by atoms with Crippen LogP contribution in [0.5, 0.6) is 0 Å². The predicted octanol–water partition coefficient (Wildman–Crippen LogP) is 3.95. The summed E-state index contributed by atoms with van der Waals surface area (Å²) in [6.07, 6.45) is 8.61. The van der Waals surface area contributed by atoms with Crippen molar-refractivity contribution in [3.63, 3.8) is 0 Å². The Morgan fingerprint density at radius 3 is 2.38 bits per heavy atom. The molecule has 16 heavy (non-hydrogen) atoms. The predicted molar refractivity (Wildman–Crippen MR) is 71.3 cm³/mol. The van der Waals surface area contributed by atoms with Crippen LogP contribution in [0.3, 0.4) is 0 Å². The molecule has 0 bridgehead atoms. The van der Waals surface area contributed by atoms with Gasteiger partial charge in [-0.05, 0) is 24.3 Å². The summed E-state index contributed by atoms with van der Waals surface area (Å²) >= 11 is 0. The molecule has 1 unspecified atom stereocenters. The molecule has 80 valence electrons. The second-order valence-corrected chi connectivity index (χ2v) is 4.67. The highest BCUT2D eigenvalue weighted by Gasteiger charge is 2.23. The van der Waals surface area contributed by atoms with E-state index in [-0.39, 0.29) is 0 Å².